The van der Waals surface area contributed by atoms with Crippen LogP contribution in [0.5, 0.6) is 0 Å². The maximum absolute atomic E-state index is 13.0. The first-order valence-electron chi connectivity index (χ1n) is 9.73. The van der Waals surface area contributed by atoms with Gasteiger partial charge in [-0.25, -0.2) is 9.59 Å². The number of esters is 1. The van der Waals surface area contributed by atoms with E-state index in [0.29, 0.717) is 0 Å². The summed E-state index contributed by atoms with van der Waals surface area (Å²) in [6, 6.07) is -1.55. The van der Waals surface area contributed by atoms with Gasteiger partial charge in [0.25, 0.3) is 0 Å². The third kappa shape index (κ3) is 7.77. The molecule has 2 atom stereocenters. The number of amides is 2. The molecule has 2 N–H and O–H groups in total. The first-order valence-corrected chi connectivity index (χ1v) is 9.73. The van der Waals surface area contributed by atoms with Crippen molar-refractivity contribution in [2.24, 2.45) is 11.3 Å². The van der Waals surface area contributed by atoms with Crippen molar-refractivity contribution in [3.63, 3.8) is 0 Å². The number of methoxy groups -OCH3 is 1. The third-order valence-electron chi connectivity index (χ3n) is 4.66. The van der Waals surface area contributed by atoms with Gasteiger partial charge in [0.15, 0.2) is 0 Å². The molecule has 0 heterocycles. The van der Waals surface area contributed by atoms with E-state index in [1.165, 1.54) is 7.11 Å². The van der Waals surface area contributed by atoms with Crippen LogP contribution in [-0.2, 0) is 19.1 Å². The Labute approximate surface area is 162 Å². The van der Waals surface area contributed by atoms with E-state index in [1.807, 2.05) is 20.8 Å². The molecule has 0 radical (unpaired) electrons. The maximum Gasteiger partial charge on any atom is 0.408 e. The molecule has 156 valence electrons. The van der Waals surface area contributed by atoms with Gasteiger partial charge in [-0.05, 0) is 44.9 Å². The van der Waals surface area contributed by atoms with Crippen LogP contribution in [0.1, 0.15) is 73.6 Å². The molecular formula is C20H36N2O5. The van der Waals surface area contributed by atoms with Crippen molar-refractivity contribution in [1.82, 2.24) is 10.6 Å². The number of hydrogen-bond donors (Lipinski definition) is 2. The van der Waals surface area contributed by atoms with Crippen LogP contribution in [0.15, 0.2) is 0 Å². The molecule has 1 aliphatic carbocycles. The Morgan fingerprint density at radius 2 is 1.48 bits per heavy atom. The fourth-order valence-electron chi connectivity index (χ4n) is 3.30. The Balaban J connectivity index is 2.92. The Hall–Kier alpha value is -1.79. The van der Waals surface area contributed by atoms with Gasteiger partial charge in [0, 0.05) is 0 Å². The van der Waals surface area contributed by atoms with Crippen molar-refractivity contribution in [2.75, 3.05) is 7.11 Å². The zero-order valence-corrected chi connectivity index (χ0v) is 17.8. The number of carbonyl (C=O) groups is 3. The van der Waals surface area contributed by atoms with Crippen molar-refractivity contribution in [3.05, 3.63) is 0 Å². The van der Waals surface area contributed by atoms with Crippen molar-refractivity contribution < 1.29 is 23.9 Å². The topological polar surface area (TPSA) is 93.7 Å². The minimum absolute atomic E-state index is 0.0531. The average molecular weight is 385 g/mol. The van der Waals surface area contributed by atoms with Crippen LogP contribution in [0.3, 0.4) is 0 Å². The van der Waals surface area contributed by atoms with E-state index in [9.17, 15) is 14.4 Å². The first kappa shape index (κ1) is 23.2. The quantitative estimate of drug-likeness (QED) is 0.710. The molecule has 1 aliphatic rings. The summed E-state index contributed by atoms with van der Waals surface area (Å²) in [7, 11) is 1.32. The normalized spacial score (nSPS) is 18.2. The molecule has 0 bridgehead atoms. The van der Waals surface area contributed by atoms with Gasteiger partial charge < -0.3 is 20.1 Å². The molecule has 2 unspecified atom stereocenters. The highest BCUT2D eigenvalue weighted by molar-refractivity contribution is 5.90. The van der Waals surface area contributed by atoms with Crippen molar-refractivity contribution >= 4 is 18.0 Å². The van der Waals surface area contributed by atoms with Gasteiger partial charge >= 0.3 is 12.1 Å². The molecule has 0 aliphatic heterocycles. The van der Waals surface area contributed by atoms with Gasteiger partial charge in [-0.1, -0.05) is 40.0 Å². The molecule has 2 amide bonds. The second-order valence-corrected chi connectivity index (χ2v) is 9.35. The van der Waals surface area contributed by atoms with Crippen LogP contribution in [0.4, 0.5) is 4.79 Å². The van der Waals surface area contributed by atoms with Gasteiger partial charge in [0.1, 0.15) is 17.7 Å². The first-order chi connectivity index (χ1) is 12.3. The standard InChI is InChI=1S/C20H36N2O5/c1-19(2,3)15(22-18(25)27-20(4,5)6)16(23)21-14(17(24)26-7)13-11-9-8-10-12-13/h13-15H,8-12H2,1-7H3,(H,21,23)(H,22,25). The Bertz CT molecular complexity index is 527. The van der Waals surface area contributed by atoms with E-state index in [-0.39, 0.29) is 5.92 Å². The zero-order valence-electron chi connectivity index (χ0n) is 17.8. The van der Waals surface area contributed by atoms with Gasteiger partial charge in [0.05, 0.1) is 7.11 Å². The lowest BCUT2D eigenvalue weighted by Crippen LogP contribution is -2.58. The molecule has 1 rings (SSSR count). The Morgan fingerprint density at radius 1 is 0.926 bits per heavy atom. The predicted octanol–water partition coefficient (Wildman–Crippen LogP) is 3.16. The monoisotopic (exact) mass is 384 g/mol. The van der Waals surface area contributed by atoms with Crippen molar-refractivity contribution in [1.29, 1.82) is 0 Å². The molecule has 1 fully saturated rings. The van der Waals surface area contributed by atoms with E-state index in [0.717, 1.165) is 32.1 Å². The molecule has 7 nitrogen and oxygen atoms in total. The fourth-order valence-corrected chi connectivity index (χ4v) is 3.30. The predicted molar refractivity (Wildman–Crippen MR) is 103 cm³/mol. The van der Waals surface area contributed by atoms with Gasteiger partial charge in [-0.3, -0.25) is 4.79 Å². The van der Waals surface area contributed by atoms with Crippen LogP contribution in [0.2, 0.25) is 0 Å². The van der Waals surface area contributed by atoms with E-state index >= 15 is 0 Å². The summed E-state index contributed by atoms with van der Waals surface area (Å²) in [5.41, 5.74) is -1.23. The summed E-state index contributed by atoms with van der Waals surface area (Å²) >= 11 is 0. The van der Waals surface area contributed by atoms with Gasteiger partial charge in [0.2, 0.25) is 5.91 Å². The van der Waals surface area contributed by atoms with E-state index in [2.05, 4.69) is 10.6 Å². The lowest BCUT2D eigenvalue weighted by atomic mass is 9.82. The number of rotatable bonds is 5. The summed E-state index contributed by atoms with van der Waals surface area (Å²) in [5, 5.41) is 5.48. The third-order valence-corrected chi connectivity index (χ3v) is 4.66. The minimum atomic E-state index is -0.844. The van der Waals surface area contributed by atoms with Crippen LogP contribution >= 0.6 is 0 Å². The molecule has 0 aromatic rings. The van der Waals surface area contributed by atoms with E-state index in [1.54, 1.807) is 20.8 Å². The number of nitrogens with one attached hydrogen (secondary N) is 2. The maximum atomic E-state index is 13.0. The molecule has 0 spiro atoms. The van der Waals surface area contributed by atoms with Crippen LogP contribution in [0.25, 0.3) is 0 Å². The second-order valence-electron chi connectivity index (χ2n) is 9.35. The SMILES string of the molecule is COC(=O)C(NC(=O)C(NC(=O)OC(C)(C)C)C(C)(C)C)C1CCCCC1. The molecule has 0 aromatic heterocycles. The Kier molecular flexibility index (Phi) is 8.11. The summed E-state index contributed by atoms with van der Waals surface area (Å²) < 4.78 is 10.2. The number of hydrogen-bond acceptors (Lipinski definition) is 5. The van der Waals surface area contributed by atoms with Crippen LogP contribution < -0.4 is 10.6 Å². The van der Waals surface area contributed by atoms with E-state index in [4.69, 9.17) is 9.47 Å². The lowest BCUT2D eigenvalue weighted by Gasteiger charge is -2.34. The van der Waals surface area contributed by atoms with Crippen molar-refractivity contribution in [2.45, 2.75) is 91.3 Å². The minimum Gasteiger partial charge on any atom is -0.467 e. The van der Waals surface area contributed by atoms with Crippen LogP contribution in [-0.4, -0.2) is 42.8 Å². The number of carbonyl (C=O) groups excluding carboxylic acids is 3. The second kappa shape index (κ2) is 9.42. The summed E-state index contributed by atoms with van der Waals surface area (Å²) in [4.78, 5) is 37.4. The number of ether oxygens (including phenoxy) is 2. The molecule has 0 saturated heterocycles. The van der Waals surface area contributed by atoms with Crippen molar-refractivity contribution in [3.8, 4) is 0 Å². The zero-order chi connectivity index (χ0) is 20.8. The average Bonchev–Trinajstić information content (AvgIpc) is 2.55. The number of alkyl carbamates (subject to hydrolysis) is 1. The van der Waals surface area contributed by atoms with E-state index < -0.39 is 41.1 Å². The smallest absolute Gasteiger partial charge is 0.408 e. The Morgan fingerprint density at radius 3 is 1.93 bits per heavy atom. The highest BCUT2D eigenvalue weighted by Crippen LogP contribution is 2.28. The molecule has 7 heteroatoms. The summed E-state index contributed by atoms with van der Waals surface area (Å²) in [6.07, 6.45) is 4.30. The van der Waals surface area contributed by atoms with Gasteiger partial charge in [-0.15, -0.1) is 0 Å². The lowest BCUT2D eigenvalue weighted by molar-refractivity contribution is -0.147. The largest absolute Gasteiger partial charge is 0.467 e. The molecule has 27 heavy (non-hydrogen) atoms. The highest BCUT2D eigenvalue weighted by atomic mass is 16.6. The van der Waals surface area contributed by atoms with Crippen LogP contribution in [0, 0.1) is 11.3 Å². The molecule has 0 aromatic carbocycles. The summed E-state index contributed by atoms with van der Waals surface area (Å²) in [5.74, 6) is -0.799. The fraction of sp³-hybridized carbons (Fsp3) is 0.850. The molecule has 1 saturated carbocycles. The highest BCUT2D eigenvalue weighted by Gasteiger charge is 2.38. The molecular weight excluding hydrogens is 348 g/mol. The summed E-state index contributed by atoms with van der Waals surface area (Å²) in [6.45, 7) is 10.8. The van der Waals surface area contributed by atoms with Gasteiger partial charge in [-0.2, -0.15) is 0 Å².